The second-order valence-electron chi connectivity index (χ2n) is 6.47. The van der Waals surface area contributed by atoms with E-state index in [1.165, 1.54) is 0 Å². The van der Waals surface area contributed by atoms with Gasteiger partial charge in [-0.25, -0.2) is 0 Å². The Morgan fingerprint density at radius 2 is 1.81 bits per heavy atom. The van der Waals surface area contributed by atoms with Crippen LogP contribution in [-0.4, -0.2) is 47.1 Å². The van der Waals surface area contributed by atoms with Gasteiger partial charge in [-0.3, -0.25) is 4.79 Å². The number of aromatic nitrogens is 2. The Hall–Kier alpha value is -2.86. The second-order valence-corrected chi connectivity index (χ2v) is 6.91. The van der Waals surface area contributed by atoms with Crippen LogP contribution in [0.3, 0.4) is 0 Å². The van der Waals surface area contributed by atoms with E-state index in [2.05, 4.69) is 15.0 Å². The van der Waals surface area contributed by atoms with Crippen molar-refractivity contribution in [3.05, 3.63) is 65.0 Å². The molecule has 2 aromatic carbocycles. The summed E-state index contributed by atoms with van der Waals surface area (Å²) >= 11 is 6.08. The molecule has 1 saturated heterocycles. The van der Waals surface area contributed by atoms with E-state index in [0.29, 0.717) is 30.4 Å². The maximum absolute atomic E-state index is 12.8. The minimum atomic E-state index is 0.0385. The lowest BCUT2D eigenvalue weighted by Crippen LogP contribution is -2.48. The molecule has 1 aromatic heterocycles. The number of carbonyl (C=O) groups excluding carboxylic acids is 1. The summed E-state index contributed by atoms with van der Waals surface area (Å²) in [6.45, 7) is 4.67. The quantitative estimate of drug-likeness (QED) is 0.691. The van der Waals surface area contributed by atoms with Gasteiger partial charge in [-0.2, -0.15) is 4.98 Å². The zero-order valence-corrected chi connectivity index (χ0v) is 15.7. The molecule has 1 aliphatic rings. The third kappa shape index (κ3) is 3.80. The summed E-state index contributed by atoms with van der Waals surface area (Å²) < 4.78 is 5.00. The van der Waals surface area contributed by atoms with E-state index in [4.69, 9.17) is 16.1 Å². The highest BCUT2D eigenvalue weighted by molar-refractivity contribution is 6.30. The fourth-order valence-corrected chi connectivity index (χ4v) is 3.39. The average molecular weight is 383 g/mol. The summed E-state index contributed by atoms with van der Waals surface area (Å²) in [5.74, 6) is 1.08. The largest absolute Gasteiger partial charge is 0.368 e. The summed E-state index contributed by atoms with van der Waals surface area (Å²) in [6, 6.07) is 15.1. The number of benzene rings is 2. The molecule has 27 heavy (non-hydrogen) atoms. The fourth-order valence-electron chi connectivity index (χ4n) is 3.20. The maximum Gasteiger partial charge on any atom is 0.253 e. The molecule has 138 valence electrons. The highest BCUT2D eigenvalue weighted by Gasteiger charge is 2.22. The van der Waals surface area contributed by atoms with E-state index in [0.717, 1.165) is 29.4 Å². The Morgan fingerprint density at radius 3 is 2.44 bits per heavy atom. The molecule has 0 saturated carbocycles. The van der Waals surface area contributed by atoms with E-state index in [1.807, 2.05) is 53.4 Å². The normalized spacial score (nSPS) is 14.4. The lowest BCUT2D eigenvalue weighted by molar-refractivity contribution is 0.0747. The first-order valence-corrected chi connectivity index (χ1v) is 9.18. The van der Waals surface area contributed by atoms with Crippen molar-refractivity contribution < 1.29 is 9.32 Å². The Morgan fingerprint density at radius 1 is 1.07 bits per heavy atom. The number of halogens is 1. The zero-order valence-electron chi connectivity index (χ0n) is 14.9. The van der Waals surface area contributed by atoms with Crippen molar-refractivity contribution in [3.63, 3.8) is 0 Å². The summed E-state index contributed by atoms with van der Waals surface area (Å²) in [5.41, 5.74) is 2.58. The molecular formula is C20H19ClN4O2. The Bertz CT molecular complexity index is 947. The minimum Gasteiger partial charge on any atom is -0.368 e. The van der Waals surface area contributed by atoms with Gasteiger partial charge < -0.3 is 14.3 Å². The molecule has 1 amide bonds. The van der Waals surface area contributed by atoms with Crippen LogP contribution in [0.2, 0.25) is 5.02 Å². The number of amides is 1. The first-order chi connectivity index (χ1) is 13.1. The van der Waals surface area contributed by atoms with Crippen LogP contribution in [0.1, 0.15) is 16.2 Å². The summed E-state index contributed by atoms with van der Waals surface area (Å²) in [5, 5.41) is 4.62. The van der Waals surface area contributed by atoms with Gasteiger partial charge in [0.05, 0.1) is 0 Å². The van der Waals surface area contributed by atoms with Crippen LogP contribution in [0.15, 0.2) is 53.1 Å². The summed E-state index contributed by atoms with van der Waals surface area (Å²) in [7, 11) is 0. The number of anilines is 1. The van der Waals surface area contributed by atoms with Gasteiger partial charge in [0.2, 0.25) is 11.7 Å². The van der Waals surface area contributed by atoms with Crippen molar-refractivity contribution in [3.8, 4) is 11.4 Å². The molecule has 0 unspecified atom stereocenters. The molecule has 4 rings (SSSR count). The lowest BCUT2D eigenvalue weighted by Gasteiger charge is -2.36. The van der Waals surface area contributed by atoms with Crippen LogP contribution in [0.4, 0.5) is 5.69 Å². The first kappa shape index (κ1) is 17.5. The van der Waals surface area contributed by atoms with E-state index < -0.39 is 0 Å². The van der Waals surface area contributed by atoms with Crippen LogP contribution in [-0.2, 0) is 0 Å². The van der Waals surface area contributed by atoms with Crippen LogP contribution in [0.5, 0.6) is 0 Å². The molecule has 0 spiro atoms. The third-order valence-electron chi connectivity index (χ3n) is 4.66. The molecule has 0 aliphatic carbocycles. The minimum absolute atomic E-state index is 0.0385. The number of nitrogens with zero attached hydrogens (tertiary/aromatic N) is 4. The standard InChI is InChI=1S/C20H19ClN4O2/c1-14-22-19(23-27-14)15-5-7-16(8-6-15)20(26)25-11-9-24(10-12-25)18-4-2-3-17(21)13-18/h2-8,13H,9-12H2,1H3. The van der Waals surface area contributed by atoms with Gasteiger partial charge in [0, 0.05) is 54.9 Å². The molecule has 0 N–H and O–H groups in total. The molecule has 0 radical (unpaired) electrons. The van der Waals surface area contributed by atoms with E-state index in [1.54, 1.807) is 6.92 Å². The molecule has 1 aliphatic heterocycles. The molecule has 7 heteroatoms. The van der Waals surface area contributed by atoms with Gasteiger partial charge in [-0.05, 0) is 30.3 Å². The third-order valence-corrected chi connectivity index (χ3v) is 4.89. The smallest absolute Gasteiger partial charge is 0.253 e. The van der Waals surface area contributed by atoms with Crippen molar-refractivity contribution in [1.29, 1.82) is 0 Å². The number of aryl methyl sites for hydroxylation is 1. The molecule has 1 fully saturated rings. The monoisotopic (exact) mass is 382 g/mol. The predicted octanol–water partition coefficient (Wildman–Crippen LogP) is 3.66. The van der Waals surface area contributed by atoms with Gasteiger partial charge in [0.25, 0.3) is 5.91 Å². The number of carbonyl (C=O) groups is 1. The van der Waals surface area contributed by atoms with Crippen molar-refractivity contribution >= 4 is 23.2 Å². The molecule has 6 nitrogen and oxygen atoms in total. The second kappa shape index (κ2) is 7.40. The van der Waals surface area contributed by atoms with Gasteiger partial charge in [-0.1, -0.05) is 35.0 Å². The first-order valence-electron chi connectivity index (χ1n) is 8.81. The Kier molecular flexibility index (Phi) is 4.81. The van der Waals surface area contributed by atoms with E-state index >= 15 is 0 Å². The SMILES string of the molecule is Cc1nc(-c2ccc(C(=O)N3CCN(c4cccc(Cl)c4)CC3)cc2)no1. The van der Waals surface area contributed by atoms with Crippen molar-refractivity contribution in [2.24, 2.45) is 0 Å². The number of rotatable bonds is 3. The van der Waals surface area contributed by atoms with Crippen LogP contribution < -0.4 is 4.90 Å². The Balaban J connectivity index is 1.40. The molecule has 0 atom stereocenters. The van der Waals surface area contributed by atoms with Gasteiger partial charge in [-0.15, -0.1) is 0 Å². The van der Waals surface area contributed by atoms with Crippen LogP contribution in [0.25, 0.3) is 11.4 Å². The van der Waals surface area contributed by atoms with Crippen molar-refractivity contribution in [1.82, 2.24) is 15.0 Å². The van der Waals surface area contributed by atoms with Crippen molar-refractivity contribution in [2.75, 3.05) is 31.1 Å². The van der Waals surface area contributed by atoms with E-state index in [9.17, 15) is 4.79 Å². The van der Waals surface area contributed by atoms with Crippen molar-refractivity contribution in [2.45, 2.75) is 6.92 Å². The summed E-state index contributed by atoms with van der Waals surface area (Å²) in [6.07, 6.45) is 0. The van der Waals surface area contributed by atoms with E-state index in [-0.39, 0.29) is 5.91 Å². The van der Waals surface area contributed by atoms with Gasteiger partial charge >= 0.3 is 0 Å². The number of hydrogen-bond donors (Lipinski definition) is 0. The average Bonchev–Trinajstić information content (AvgIpc) is 3.14. The molecular weight excluding hydrogens is 364 g/mol. The topological polar surface area (TPSA) is 62.5 Å². The lowest BCUT2D eigenvalue weighted by atomic mass is 10.1. The van der Waals surface area contributed by atoms with Gasteiger partial charge in [0.15, 0.2) is 0 Å². The molecule has 2 heterocycles. The van der Waals surface area contributed by atoms with Gasteiger partial charge in [0.1, 0.15) is 0 Å². The van der Waals surface area contributed by atoms with Crippen LogP contribution >= 0.6 is 11.6 Å². The molecule has 0 bridgehead atoms. The number of piperazine rings is 1. The molecule has 3 aromatic rings. The highest BCUT2D eigenvalue weighted by atomic mass is 35.5. The fraction of sp³-hybridized carbons (Fsp3) is 0.250. The summed E-state index contributed by atoms with van der Waals surface area (Å²) in [4.78, 5) is 21.1. The Labute approximate surface area is 162 Å². The highest BCUT2D eigenvalue weighted by Crippen LogP contribution is 2.22. The van der Waals surface area contributed by atoms with Crippen LogP contribution in [0, 0.1) is 6.92 Å². The number of hydrogen-bond acceptors (Lipinski definition) is 5. The maximum atomic E-state index is 12.8. The zero-order chi connectivity index (χ0) is 18.8. The predicted molar refractivity (Wildman–Crippen MR) is 104 cm³/mol.